The van der Waals surface area contributed by atoms with Gasteiger partial charge in [-0.05, 0) is 37.3 Å². The molecule has 1 fully saturated rings. The van der Waals surface area contributed by atoms with Gasteiger partial charge in [-0.25, -0.2) is 9.78 Å². The summed E-state index contributed by atoms with van der Waals surface area (Å²) in [6.07, 6.45) is 1.54. The van der Waals surface area contributed by atoms with Gasteiger partial charge in [0.25, 0.3) is 5.78 Å². The molecule has 9 heteroatoms. The Kier molecular flexibility index (Phi) is 5.18. The molecular formula is C25H17N3O5S. The van der Waals surface area contributed by atoms with Crippen molar-refractivity contribution in [3.05, 3.63) is 94.8 Å². The van der Waals surface area contributed by atoms with Gasteiger partial charge < -0.3 is 10.2 Å². The van der Waals surface area contributed by atoms with Gasteiger partial charge >= 0.3 is 11.9 Å². The lowest BCUT2D eigenvalue weighted by molar-refractivity contribution is -0.132. The molecule has 2 aromatic carbocycles. The Morgan fingerprint density at radius 1 is 1.00 bits per heavy atom. The standard InChI is InChI=1S/C25H17N3O5S/c1-13-5-7-14(8-6-13)21(29)19-20(17-4-2-3-11-26-17)28(23(31)22(19)30)25-27-16-10-9-15(24(32)33)12-18(16)34-25/h2-12,20,29H,1H3,(H,32,33)/b21-19+. The van der Waals surface area contributed by atoms with E-state index >= 15 is 0 Å². The van der Waals surface area contributed by atoms with Gasteiger partial charge in [-0.1, -0.05) is 47.2 Å². The fourth-order valence-electron chi connectivity index (χ4n) is 3.86. The number of Topliss-reactive ketones (excluding diaryl/α,β-unsaturated/α-hetero) is 1. The highest BCUT2D eigenvalue weighted by atomic mass is 32.1. The summed E-state index contributed by atoms with van der Waals surface area (Å²) in [6.45, 7) is 1.90. The molecule has 34 heavy (non-hydrogen) atoms. The molecule has 1 aliphatic rings. The zero-order valence-corrected chi connectivity index (χ0v) is 18.6. The van der Waals surface area contributed by atoms with E-state index in [1.165, 1.54) is 17.0 Å². The summed E-state index contributed by atoms with van der Waals surface area (Å²) in [6, 6.07) is 15.5. The highest BCUT2D eigenvalue weighted by Gasteiger charge is 2.48. The van der Waals surface area contributed by atoms with Crippen LogP contribution in [0.5, 0.6) is 0 Å². The Hall–Kier alpha value is -4.37. The Morgan fingerprint density at radius 3 is 2.41 bits per heavy atom. The number of aryl methyl sites for hydroxylation is 1. The van der Waals surface area contributed by atoms with Gasteiger partial charge in [0.1, 0.15) is 11.8 Å². The molecule has 0 aliphatic carbocycles. The van der Waals surface area contributed by atoms with E-state index in [1.807, 2.05) is 6.92 Å². The molecule has 2 N–H and O–H groups in total. The van der Waals surface area contributed by atoms with E-state index in [0.29, 0.717) is 21.5 Å². The van der Waals surface area contributed by atoms with Crippen LogP contribution in [0.1, 0.15) is 33.2 Å². The van der Waals surface area contributed by atoms with Crippen LogP contribution in [0.3, 0.4) is 0 Å². The molecule has 1 atom stereocenters. The minimum absolute atomic E-state index is 0.0852. The van der Waals surface area contributed by atoms with Gasteiger partial charge in [-0.2, -0.15) is 0 Å². The van der Waals surface area contributed by atoms with Crippen molar-refractivity contribution in [1.29, 1.82) is 0 Å². The smallest absolute Gasteiger partial charge is 0.335 e. The topological polar surface area (TPSA) is 121 Å². The summed E-state index contributed by atoms with van der Waals surface area (Å²) >= 11 is 1.09. The van der Waals surface area contributed by atoms with Crippen molar-refractivity contribution in [2.45, 2.75) is 13.0 Å². The van der Waals surface area contributed by atoms with Gasteiger partial charge in [0.05, 0.1) is 27.0 Å². The maximum Gasteiger partial charge on any atom is 0.335 e. The predicted octanol–water partition coefficient (Wildman–Crippen LogP) is 4.32. The normalized spacial score (nSPS) is 17.4. The number of carbonyl (C=O) groups excluding carboxylic acids is 2. The van der Waals surface area contributed by atoms with Crippen LogP contribution in [0.2, 0.25) is 0 Å². The van der Waals surface area contributed by atoms with Gasteiger partial charge in [-0.3, -0.25) is 19.5 Å². The molecule has 0 bridgehead atoms. The fraction of sp³-hybridized carbons (Fsp3) is 0.0800. The Bertz CT molecular complexity index is 1490. The third kappa shape index (κ3) is 3.52. The molecule has 1 aliphatic heterocycles. The summed E-state index contributed by atoms with van der Waals surface area (Å²) in [5.41, 5.74) is 2.27. The third-order valence-electron chi connectivity index (χ3n) is 5.57. The van der Waals surface area contributed by atoms with E-state index in [-0.39, 0.29) is 22.0 Å². The highest BCUT2D eigenvalue weighted by molar-refractivity contribution is 7.22. The number of thiazole rings is 1. The lowest BCUT2D eigenvalue weighted by atomic mass is 9.98. The highest BCUT2D eigenvalue weighted by Crippen LogP contribution is 2.43. The number of fused-ring (bicyclic) bond motifs is 1. The number of hydrogen-bond acceptors (Lipinski definition) is 7. The van der Waals surface area contributed by atoms with Gasteiger partial charge in [-0.15, -0.1) is 0 Å². The maximum atomic E-state index is 13.2. The number of aliphatic hydroxyl groups is 1. The minimum Gasteiger partial charge on any atom is -0.507 e. The largest absolute Gasteiger partial charge is 0.507 e. The van der Waals surface area contributed by atoms with Crippen molar-refractivity contribution in [2.24, 2.45) is 0 Å². The van der Waals surface area contributed by atoms with E-state index in [9.17, 15) is 24.6 Å². The first kappa shape index (κ1) is 21.5. The number of aromatic carboxylic acids is 1. The van der Waals surface area contributed by atoms with Crippen LogP contribution in [0, 0.1) is 6.92 Å². The number of nitrogens with zero attached hydrogens (tertiary/aromatic N) is 3. The number of rotatable bonds is 4. The summed E-state index contributed by atoms with van der Waals surface area (Å²) in [4.78, 5) is 47.8. The number of amides is 1. The number of aromatic nitrogens is 2. The van der Waals surface area contributed by atoms with Crippen LogP contribution in [-0.4, -0.2) is 37.8 Å². The minimum atomic E-state index is -1.08. The van der Waals surface area contributed by atoms with Gasteiger partial charge in [0, 0.05) is 11.8 Å². The lowest BCUT2D eigenvalue weighted by Crippen LogP contribution is -2.29. The van der Waals surface area contributed by atoms with Crippen LogP contribution in [0.4, 0.5) is 5.13 Å². The first-order valence-corrected chi connectivity index (χ1v) is 11.1. The number of aliphatic hydroxyl groups excluding tert-OH is 1. The second kappa shape index (κ2) is 8.20. The number of anilines is 1. The van der Waals surface area contributed by atoms with Crippen molar-refractivity contribution in [2.75, 3.05) is 4.90 Å². The van der Waals surface area contributed by atoms with Crippen molar-refractivity contribution in [3.63, 3.8) is 0 Å². The van der Waals surface area contributed by atoms with Gasteiger partial charge in [0.2, 0.25) is 0 Å². The number of carboxylic acid groups (broad SMARTS) is 1. The van der Waals surface area contributed by atoms with Crippen LogP contribution < -0.4 is 4.90 Å². The first-order chi connectivity index (χ1) is 16.3. The van der Waals surface area contributed by atoms with E-state index in [4.69, 9.17) is 0 Å². The molecule has 4 aromatic rings. The number of ketones is 1. The molecule has 1 amide bonds. The second-order valence-electron chi connectivity index (χ2n) is 7.77. The number of carboxylic acids is 1. The summed E-state index contributed by atoms with van der Waals surface area (Å²) in [5, 5.41) is 20.6. The van der Waals surface area contributed by atoms with Crippen LogP contribution >= 0.6 is 11.3 Å². The van der Waals surface area contributed by atoms with Crippen LogP contribution in [-0.2, 0) is 9.59 Å². The third-order valence-corrected chi connectivity index (χ3v) is 6.58. The average molecular weight is 471 g/mol. The SMILES string of the molecule is Cc1ccc(/C(O)=C2\C(=O)C(=O)N(c3nc4ccc(C(=O)O)cc4s3)C2c2ccccn2)cc1. The zero-order chi connectivity index (χ0) is 24.0. The van der Waals surface area contributed by atoms with Crippen molar-refractivity contribution in [1.82, 2.24) is 9.97 Å². The molecular weight excluding hydrogens is 454 g/mol. The molecule has 0 spiro atoms. The molecule has 1 unspecified atom stereocenters. The van der Waals surface area contributed by atoms with E-state index in [0.717, 1.165) is 16.9 Å². The fourth-order valence-corrected chi connectivity index (χ4v) is 4.89. The molecule has 2 aromatic heterocycles. The van der Waals surface area contributed by atoms with Gasteiger partial charge in [0.15, 0.2) is 5.13 Å². The number of carbonyl (C=O) groups is 3. The number of pyridine rings is 1. The molecule has 0 radical (unpaired) electrons. The van der Waals surface area contributed by atoms with E-state index < -0.39 is 23.7 Å². The van der Waals surface area contributed by atoms with Crippen LogP contribution in [0.25, 0.3) is 16.0 Å². The average Bonchev–Trinajstić information content (AvgIpc) is 3.37. The number of hydrogen-bond donors (Lipinski definition) is 2. The molecule has 8 nitrogen and oxygen atoms in total. The van der Waals surface area contributed by atoms with E-state index in [1.54, 1.807) is 54.7 Å². The maximum absolute atomic E-state index is 13.2. The summed E-state index contributed by atoms with van der Waals surface area (Å²) < 4.78 is 0.551. The summed E-state index contributed by atoms with van der Waals surface area (Å²) in [7, 11) is 0. The predicted molar refractivity (Wildman–Crippen MR) is 127 cm³/mol. The Morgan fingerprint density at radius 2 is 1.74 bits per heavy atom. The van der Waals surface area contributed by atoms with Crippen molar-refractivity contribution in [3.8, 4) is 0 Å². The molecule has 0 saturated carbocycles. The summed E-state index contributed by atoms with van der Waals surface area (Å²) in [5.74, 6) is -3.07. The Balaban J connectivity index is 1.70. The van der Waals surface area contributed by atoms with Crippen molar-refractivity contribution < 1.29 is 24.6 Å². The molecule has 5 rings (SSSR count). The second-order valence-corrected chi connectivity index (χ2v) is 8.78. The Labute approximate surface area is 197 Å². The zero-order valence-electron chi connectivity index (χ0n) is 17.8. The van der Waals surface area contributed by atoms with Crippen LogP contribution in [0.15, 0.2) is 72.4 Å². The molecule has 3 heterocycles. The lowest BCUT2D eigenvalue weighted by Gasteiger charge is -2.21. The number of benzene rings is 2. The quantitative estimate of drug-likeness (QED) is 0.258. The molecule has 168 valence electrons. The van der Waals surface area contributed by atoms with Crippen molar-refractivity contribution >= 4 is 50.1 Å². The monoisotopic (exact) mass is 471 g/mol. The van der Waals surface area contributed by atoms with E-state index in [2.05, 4.69) is 9.97 Å². The first-order valence-electron chi connectivity index (χ1n) is 10.3. The molecule has 1 saturated heterocycles.